The summed E-state index contributed by atoms with van der Waals surface area (Å²) in [5, 5.41) is 2.49. The van der Waals surface area contributed by atoms with Gasteiger partial charge in [0.2, 0.25) is 0 Å². The summed E-state index contributed by atoms with van der Waals surface area (Å²) in [7, 11) is 1.53. The number of hydrazine groups is 2. The Morgan fingerprint density at radius 3 is 1.88 bits per heavy atom. The highest BCUT2D eigenvalue weighted by Gasteiger charge is 2.36. The first-order chi connectivity index (χ1) is 27.7. The van der Waals surface area contributed by atoms with Crippen molar-refractivity contribution >= 4 is 62.7 Å². The van der Waals surface area contributed by atoms with Crippen LogP contribution in [0.3, 0.4) is 0 Å². The third kappa shape index (κ3) is 8.63. The lowest BCUT2D eigenvalue weighted by molar-refractivity contribution is -0.118. The van der Waals surface area contributed by atoms with E-state index in [2.05, 4.69) is 31.8 Å². The van der Waals surface area contributed by atoms with Gasteiger partial charge in [-0.15, -0.1) is 0 Å². The number of aliphatic imine (C=N–C) groups is 1. The molecule has 0 atom stereocenters. The lowest BCUT2D eigenvalue weighted by Crippen LogP contribution is -2.35. The molecule has 5 aromatic carbocycles. The van der Waals surface area contributed by atoms with Crippen molar-refractivity contribution in [3.63, 3.8) is 0 Å². The molecule has 0 unspecified atom stereocenters. The van der Waals surface area contributed by atoms with Crippen LogP contribution in [0, 0.1) is 6.92 Å². The Morgan fingerprint density at radius 1 is 0.702 bits per heavy atom. The topological polar surface area (TPSA) is 139 Å². The molecule has 2 fully saturated rings. The molecule has 2 N–H and O–H groups in total. The van der Waals surface area contributed by atoms with E-state index in [1.807, 2.05) is 79.7 Å². The number of anilines is 2. The van der Waals surface area contributed by atoms with Crippen LogP contribution in [0.5, 0.6) is 17.2 Å². The molecule has 0 aromatic heterocycles. The third-order valence-corrected chi connectivity index (χ3v) is 9.58. The van der Waals surface area contributed by atoms with Crippen LogP contribution in [0.4, 0.5) is 11.4 Å². The number of allylic oxidation sites excluding steroid dienone is 1. The molecule has 3 aliphatic rings. The zero-order valence-electron chi connectivity index (χ0n) is 30.9. The van der Waals surface area contributed by atoms with Gasteiger partial charge >= 0.3 is 0 Å². The Hall–Kier alpha value is -6.99. The Kier molecular flexibility index (Phi) is 11.6. The SMILES string of the molecule is COc1cc(/C=C2/C(=O)NN(c3ccccc3)C2=O)cc(Br)c1OCCOc1ccc(C)cc1.O=C1NN(c2ccccc2)C(=O)/C1=C\C1=NCc2ccccc21. The zero-order chi connectivity index (χ0) is 39.9. The Labute approximate surface area is 337 Å². The number of carbonyl (C=O) groups excluding carboxylic acids is 4. The predicted octanol–water partition coefficient (Wildman–Crippen LogP) is 6.68. The van der Waals surface area contributed by atoms with Crippen molar-refractivity contribution in [3.8, 4) is 17.2 Å². The van der Waals surface area contributed by atoms with Gasteiger partial charge in [0.25, 0.3) is 23.6 Å². The summed E-state index contributed by atoms with van der Waals surface area (Å²) in [5.74, 6) is 0.0514. The Morgan fingerprint density at radius 2 is 1.26 bits per heavy atom. The van der Waals surface area contributed by atoms with Gasteiger partial charge in [-0.3, -0.25) is 35.0 Å². The fourth-order valence-electron chi connectivity index (χ4n) is 6.12. The molecule has 0 radical (unpaired) electrons. The van der Waals surface area contributed by atoms with E-state index in [0.717, 1.165) is 22.4 Å². The number of methoxy groups -OCH3 is 1. The van der Waals surface area contributed by atoms with Crippen LogP contribution >= 0.6 is 15.9 Å². The molecule has 57 heavy (non-hydrogen) atoms. The molecule has 12 nitrogen and oxygen atoms in total. The van der Waals surface area contributed by atoms with E-state index in [1.54, 1.807) is 54.6 Å². The number of aryl methyl sites for hydroxylation is 1. The summed E-state index contributed by atoms with van der Waals surface area (Å²) in [5.41, 5.74) is 11.0. The van der Waals surface area contributed by atoms with Gasteiger partial charge < -0.3 is 14.2 Å². The van der Waals surface area contributed by atoms with Crippen LogP contribution in [-0.2, 0) is 25.7 Å². The number of para-hydroxylation sites is 2. The molecule has 3 heterocycles. The highest BCUT2D eigenvalue weighted by molar-refractivity contribution is 9.10. The van der Waals surface area contributed by atoms with Gasteiger partial charge in [-0.1, -0.05) is 78.4 Å². The number of halogens is 1. The molecule has 3 aliphatic heterocycles. The number of nitrogens with one attached hydrogen (secondary N) is 2. The quantitative estimate of drug-likeness (QED) is 0.0911. The minimum atomic E-state index is -0.475. The summed E-state index contributed by atoms with van der Waals surface area (Å²) in [6, 6.07) is 37.0. The van der Waals surface area contributed by atoms with E-state index in [-0.39, 0.29) is 17.1 Å². The van der Waals surface area contributed by atoms with Crippen LogP contribution < -0.4 is 35.1 Å². The maximum Gasteiger partial charge on any atom is 0.282 e. The zero-order valence-corrected chi connectivity index (χ0v) is 32.5. The standard InChI is InChI=1S/C26H23BrN2O5.C18H13N3O2/c1-17-8-10-20(11-9-17)33-12-13-34-24-22(27)15-18(16-23(24)32-2)14-21-25(30)28-29(26(21)31)19-6-4-3-5-7-19;22-17-15(10-16-14-9-5-4-6-12(14)11-19-16)18(23)21(20-17)13-7-2-1-3-8-13/h3-11,14-16H,12-13H2,1-2H3,(H,28,30);1-10H,11H2,(H,20,22)/b21-14-;15-10-. The van der Waals surface area contributed by atoms with Gasteiger partial charge in [0.15, 0.2) is 11.5 Å². The molecule has 286 valence electrons. The smallest absolute Gasteiger partial charge is 0.282 e. The third-order valence-electron chi connectivity index (χ3n) is 8.99. The Balaban J connectivity index is 0.000000187. The maximum absolute atomic E-state index is 12.8. The molecular formula is C44H36BrN5O7. The Bertz CT molecular complexity index is 2430. The number of nitrogens with zero attached hydrogens (tertiary/aromatic N) is 3. The van der Waals surface area contributed by atoms with E-state index < -0.39 is 17.7 Å². The number of carbonyl (C=O) groups is 4. The van der Waals surface area contributed by atoms with Crippen LogP contribution in [0.15, 0.2) is 148 Å². The summed E-state index contributed by atoms with van der Waals surface area (Å²) in [4.78, 5) is 54.4. The number of hydrogen-bond acceptors (Lipinski definition) is 8. The van der Waals surface area contributed by atoms with E-state index in [0.29, 0.717) is 58.4 Å². The van der Waals surface area contributed by atoms with Crippen molar-refractivity contribution < 1.29 is 33.4 Å². The van der Waals surface area contributed by atoms with E-state index >= 15 is 0 Å². The van der Waals surface area contributed by atoms with Crippen LogP contribution in [0.2, 0.25) is 0 Å². The van der Waals surface area contributed by atoms with Gasteiger partial charge in [-0.2, -0.15) is 0 Å². The van der Waals surface area contributed by atoms with E-state index in [9.17, 15) is 19.2 Å². The number of hydrogen-bond donors (Lipinski definition) is 2. The van der Waals surface area contributed by atoms with Gasteiger partial charge in [-0.05, 0) is 94.7 Å². The first kappa shape index (κ1) is 38.3. The molecule has 0 bridgehead atoms. The molecule has 0 saturated carbocycles. The van der Waals surface area contributed by atoms with E-state index in [4.69, 9.17) is 14.2 Å². The average Bonchev–Trinajstić information content (AvgIpc) is 3.87. The molecular weight excluding hydrogens is 790 g/mol. The second kappa shape index (κ2) is 17.2. The van der Waals surface area contributed by atoms with Gasteiger partial charge in [0.1, 0.15) is 30.1 Å². The van der Waals surface area contributed by atoms with Crippen molar-refractivity contribution in [2.75, 3.05) is 30.3 Å². The minimum absolute atomic E-state index is 0.0259. The fourth-order valence-corrected chi connectivity index (χ4v) is 6.70. The van der Waals surface area contributed by atoms with E-state index in [1.165, 1.54) is 23.2 Å². The largest absolute Gasteiger partial charge is 0.493 e. The lowest BCUT2D eigenvalue weighted by atomic mass is 10.0. The molecule has 8 rings (SSSR count). The number of benzene rings is 5. The second-order valence-electron chi connectivity index (χ2n) is 12.9. The van der Waals surface area contributed by atoms with Crippen molar-refractivity contribution in [3.05, 3.63) is 165 Å². The summed E-state index contributed by atoms with van der Waals surface area (Å²) < 4.78 is 17.7. The van der Waals surface area contributed by atoms with Crippen molar-refractivity contribution in [2.45, 2.75) is 13.5 Å². The van der Waals surface area contributed by atoms with Gasteiger partial charge in [-0.25, -0.2) is 10.0 Å². The molecule has 5 aromatic rings. The molecule has 0 aliphatic carbocycles. The first-order valence-corrected chi connectivity index (χ1v) is 18.7. The molecule has 4 amide bonds. The second-order valence-corrected chi connectivity index (χ2v) is 13.7. The summed E-state index contributed by atoms with van der Waals surface area (Å²) in [6.45, 7) is 3.25. The number of rotatable bonds is 10. The van der Waals surface area contributed by atoms with Crippen molar-refractivity contribution in [2.24, 2.45) is 4.99 Å². The molecule has 2 saturated heterocycles. The van der Waals surface area contributed by atoms with Gasteiger partial charge in [0.05, 0.1) is 35.2 Å². The first-order valence-electron chi connectivity index (χ1n) is 17.9. The number of amides is 4. The number of fused-ring (bicyclic) bond motifs is 1. The monoisotopic (exact) mass is 825 g/mol. The number of ether oxygens (including phenoxy) is 3. The van der Waals surface area contributed by atoms with Crippen LogP contribution in [0.25, 0.3) is 6.08 Å². The maximum atomic E-state index is 12.8. The molecule has 13 heteroatoms. The lowest BCUT2D eigenvalue weighted by Gasteiger charge is -2.14. The molecule has 0 spiro atoms. The van der Waals surface area contributed by atoms with Crippen LogP contribution in [-0.4, -0.2) is 49.7 Å². The normalized spacial score (nSPS) is 15.9. The fraction of sp³-hybridized carbons (Fsp3) is 0.114. The van der Waals surface area contributed by atoms with Crippen molar-refractivity contribution in [1.82, 2.24) is 10.9 Å². The highest BCUT2D eigenvalue weighted by atomic mass is 79.9. The summed E-state index contributed by atoms with van der Waals surface area (Å²) in [6.07, 6.45) is 3.10. The summed E-state index contributed by atoms with van der Waals surface area (Å²) >= 11 is 3.50. The van der Waals surface area contributed by atoms with Gasteiger partial charge in [0, 0.05) is 5.56 Å². The highest BCUT2D eigenvalue weighted by Crippen LogP contribution is 2.37. The van der Waals surface area contributed by atoms with Crippen molar-refractivity contribution in [1.29, 1.82) is 0 Å². The predicted molar refractivity (Wildman–Crippen MR) is 220 cm³/mol. The van der Waals surface area contributed by atoms with Crippen LogP contribution in [0.1, 0.15) is 22.3 Å². The average molecular weight is 827 g/mol. The minimum Gasteiger partial charge on any atom is -0.493 e.